The number of sulfone groups is 1. The van der Waals surface area contributed by atoms with Crippen LogP contribution in [0.15, 0.2) is 80.0 Å². The van der Waals surface area contributed by atoms with Crippen molar-refractivity contribution in [3.63, 3.8) is 0 Å². The summed E-state index contributed by atoms with van der Waals surface area (Å²) in [5.41, 5.74) is 0.657. The van der Waals surface area contributed by atoms with Gasteiger partial charge in [-0.1, -0.05) is 0 Å². The molecular formula is C22H14F2N4O4S. The molecule has 8 nitrogen and oxygen atoms in total. The van der Waals surface area contributed by atoms with Gasteiger partial charge < -0.3 is 9.73 Å². The quantitative estimate of drug-likeness (QED) is 0.398. The highest BCUT2D eigenvalue weighted by Gasteiger charge is 2.27. The van der Waals surface area contributed by atoms with Gasteiger partial charge >= 0.3 is 0 Å². The number of hydrogen-bond acceptors (Lipinski definition) is 7. The minimum absolute atomic E-state index is 0.167. The number of benzene rings is 2. The van der Waals surface area contributed by atoms with E-state index in [-0.39, 0.29) is 17.0 Å². The minimum Gasteiger partial charge on any atom is -0.464 e. The highest BCUT2D eigenvalue weighted by Crippen LogP contribution is 2.25. The van der Waals surface area contributed by atoms with Crippen molar-refractivity contribution in [1.29, 1.82) is 0 Å². The van der Waals surface area contributed by atoms with E-state index < -0.39 is 36.8 Å². The van der Waals surface area contributed by atoms with Gasteiger partial charge in [-0.2, -0.15) is 4.98 Å². The average Bonchev–Trinajstić information content (AvgIpc) is 3.24. The molecular weight excluding hydrogens is 454 g/mol. The molecule has 0 bridgehead atoms. The Hall–Kier alpha value is -4.12. The molecule has 0 fully saturated rings. The van der Waals surface area contributed by atoms with Crippen LogP contribution in [-0.4, -0.2) is 23.0 Å². The maximum absolute atomic E-state index is 14.1. The van der Waals surface area contributed by atoms with Crippen LogP contribution < -0.4 is 10.9 Å². The van der Waals surface area contributed by atoms with Gasteiger partial charge in [-0.15, -0.1) is 0 Å². The number of anilines is 2. The van der Waals surface area contributed by atoms with E-state index in [0.717, 1.165) is 28.2 Å². The van der Waals surface area contributed by atoms with Gasteiger partial charge in [0.1, 0.15) is 32.7 Å². The Kier molecular flexibility index (Phi) is 4.71. The number of hydrogen-bond donors (Lipinski definition) is 1. The highest BCUT2D eigenvalue weighted by atomic mass is 32.2. The molecule has 0 aliphatic rings. The molecule has 0 aliphatic heterocycles. The summed E-state index contributed by atoms with van der Waals surface area (Å²) in [6.07, 6.45) is 2.92. The second kappa shape index (κ2) is 7.48. The van der Waals surface area contributed by atoms with Crippen LogP contribution in [0, 0.1) is 11.6 Å². The van der Waals surface area contributed by atoms with Crippen LogP contribution in [0.4, 0.5) is 20.4 Å². The molecule has 33 heavy (non-hydrogen) atoms. The van der Waals surface area contributed by atoms with E-state index in [1.807, 2.05) is 6.07 Å². The fourth-order valence-corrected chi connectivity index (χ4v) is 4.90. The molecule has 3 aromatic heterocycles. The van der Waals surface area contributed by atoms with E-state index in [0.29, 0.717) is 17.3 Å². The molecule has 5 rings (SSSR count). The molecule has 0 aliphatic carbocycles. The molecule has 0 unspecified atom stereocenters. The topological polar surface area (TPSA) is 107 Å². The van der Waals surface area contributed by atoms with E-state index in [1.54, 1.807) is 24.5 Å². The molecule has 166 valence electrons. The number of pyridine rings is 1. The standard InChI is InChI=1S/C22H14F2N4O4S/c1-28-20-13(9-19(21(28)29)33(30,31)18-5-2-14(23)10-16(18)24)11-25-22(27-20)26-15-3-4-17-12(8-15)6-7-32-17/h2-11H,1H3,(H,25,26,27). The summed E-state index contributed by atoms with van der Waals surface area (Å²) < 4.78 is 59.6. The van der Waals surface area contributed by atoms with Gasteiger partial charge in [-0.25, -0.2) is 22.2 Å². The van der Waals surface area contributed by atoms with Crippen molar-refractivity contribution in [3.05, 3.63) is 83.0 Å². The highest BCUT2D eigenvalue weighted by molar-refractivity contribution is 7.91. The van der Waals surface area contributed by atoms with Crippen LogP contribution in [0.1, 0.15) is 0 Å². The fraction of sp³-hybridized carbons (Fsp3) is 0.0455. The summed E-state index contributed by atoms with van der Waals surface area (Å²) >= 11 is 0. The Bertz CT molecular complexity index is 1730. The third kappa shape index (κ3) is 3.52. The first-order chi connectivity index (χ1) is 15.7. The average molecular weight is 468 g/mol. The van der Waals surface area contributed by atoms with Gasteiger partial charge in [0, 0.05) is 35.8 Å². The number of furan rings is 1. The van der Waals surface area contributed by atoms with Crippen LogP contribution in [-0.2, 0) is 16.9 Å². The number of nitrogens with zero attached hydrogens (tertiary/aromatic N) is 3. The number of fused-ring (bicyclic) bond motifs is 2. The van der Waals surface area contributed by atoms with Gasteiger partial charge in [0.05, 0.1) is 6.26 Å². The van der Waals surface area contributed by atoms with Crippen molar-refractivity contribution in [2.45, 2.75) is 9.79 Å². The lowest BCUT2D eigenvalue weighted by Gasteiger charge is -2.11. The molecule has 3 heterocycles. The third-order valence-corrected chi connectivity index (χ3v) is 6.88. The number of halogens is 2. The summed E-state index contributed by atoms with van der Waals surface area (Å²) in [5, 5.41) is 4.14. The second-order valence-corrected chi connectivity index (χ2v) is 9.11. The largest absolute Gasteiger partial charge is 0.464 e. The summed E-state index contributed by atoms with van der Waals surface area (Å²) in [7, 11) is -3.21. The Morgan fingerprint density at radius 3 is 2.61 bits per heavy atom. The zero-order chi connectivity index (χ0) is 23.3. The zero-order valence-electron chi connectivity index (χ0n) is 16.9. The fourth-order valence-electron chi connectivity index (χ4n) is 3.45. The molecule has 2 aromatic carbocycles. The van der Waals surface area contributed by atoms with Crippen molar-refractivity contribution in [3.8, 4) is 0 Å². The Morgan fingerprint density at radius 2 is 1.82 bits per heavy atom. The molecule has 0 saturated carbocycles. The van der Waals surface area contributed by atoms with Gasteiger partial charge in [0.25, 0.3) is 5.56 Å². The summed E-state index contributed by atoms with van der Waals surface area (Å²) in [5.74, 6) is -2.04. The van der Waals surface area contributed by atoms with Crippen molar-refractivity contribution in [1.82, 2.24) is 14.5 Å². The van der Waals surface area contributed by atoms with E-state index >= 15 is 0 Å². The SMILES string of the molecule is Cn1c(=O)c(S(=O)(=O)c2ccc(F)cc2F)cc2cnc(Nc3ccc4occc4c3)nc21. The minimum atomic E-state index is -4.56. The predicted octanol–water partition coefficient (Wildman–Crippen LogP) is 3.93. The molecule has 0 spiro atoms. The van der Waals surface area contributed by atoms with Crippen LogP contribution in [0.5, 0.6) is 0 Å². The maximum atomic E-state index is 14.1. The summed E-state index contributed by atoms with van der Waals surface area (Å²) in [4.78, 5) is 19.9. The summed E-state index contributed by atoms with van der Waals surface area (Å²) in [6, 6.07) is 10.3. The van der Waals surface area contributed by atoms with E-state index in [4.69, 9.17) is 4.42 Å². The molecule has 0 radical (unpaired) electrons. The predicted molar refractivity (Wildman–Crippen MR) is 116 cm³/mol. The van der Waals surface area contributed by atoms with Crippen molar-refractivity contribution < 1.29 is 21.6 Å². The number of aryl methyl sites for hydroxylation is 1. The van der Waals surface area contributed by atoms with Gasteiger partial charge in [0.15, 0.2) is 0 Å². The normalized spacial score (nSPS) is 11.8. The van der Waals surface area contributed by atoms with E-state index in [1.165, 1.54) is 13.2 Å². The van der Waals surface area contributed by atoms with Crippen LogP contribution >= 0.6 is 0 Å². The molecule has 0 saturated heterocycles. The van der Waals surface area contributed by atoms with Crippen LogP contribution in [0.2, 0.25) is 0 Å². The Labute approximate surface area is 185 Å². The number of nitrogens with one attached hydrogen (secondary N) is 1. The molecule has 11 heteroatoms. The van der Waals surface area contributed by atoms with Crippen molar-refractivity contribution in [2.75, 3.05) is 5.32 Å². The van der Waals surface area contributed by atoms with Gasteiger partial charge in [-0.05, 0) is 42.5 Å². The number of aromatic nitrogens is 3. The van der Waals surface area contributed by atoms with Crippen molar-refractivity contribution >= 4 is 43.5 Å². The smallest absolute Gasteiger partial charge is 0.271 e. The second-order valence-electron chi connectivity index (χ2n) is 7.22. The Balaban J connectivity index is 1.58. The monoisotopic (exact) mass is 468 g/mol. The lowest BCUT2D eigenvalue weighted by Crippen LogP contribution is -2.25. The first-order valence-electron chi connectivity index (χ1n) is 9.55. The van der Waals surface area contributed by atoms with Crippen LogP contribution in [0.25, 0.3) is 22.0 Å². The first kappa shape index (κ1) is 20.8. The van der Waals surface area contributed by atoms with Gasteiger partial charge in [-0.3, -0.25) is 9.36 Å². The lowest BCUT2D eigenvalue weighted by atomic mass is 10.2. The van der Waals surface area contributed by atoms with Gasteiger partial charge in [0.2, 0.25) is 15.8 Å². The van der Waals surface area contributed by atoms with E-state index in [9.17, 15) is 22.0 Å². The van der Waals surface area contributed by atoms with Crippen LogP contribution in [0.3, 0.4) is 0 Å². The molecule has 0 atom stereocenters. The number of rotatable bonds is 4. The summed E-state index contributed by atoms with van der Waals surface area (Å²) in [6.45, 7) is 0. The molecule has 1 N–H and O–H groups in total. The Morgan fingerprint density at radius 1 is 1.00 bits per heavy atom. The first-order valence-corrected chi connectivity index (χ1v) is 11.0. The maximum Gasteiger partial charge on any atom is 0.271 e. The third-order valence-electron chi connectivity index (χ3n) is 5.10. The molecule has 5 aromatic rings. The zero-order valence-corrected chi connectivity index (χ0v) is 17.7. The lowest BCUT2D eigenvalue weighted by molar-refractivity contribution is 0.548. The molecule has 0 amide bonds. The van der Waals surface area contributed by atoms with Crippen molar-refractivity contribution in [2.24, 2.45) is 7.05 Å². The van der Waals surface area contributed by atoms with E-state index in [2.05, 4.69) is 15.3 Å².